The Balaban J connectivity index is 1.67. The van der Waals surface area contributed by atoms with Gasteiger partial charge in [-0.05, 0) is 6.92 Å². The number of hydrogen-bond donors (Lipinski definition) is 1. The molecular formula is C10H13N3S2. The van der Waals surface area contributed by atoms with Crippen LogP contribution in [0.1, 0.15) is 15.7 Å². The molecule has 5 heteroatoms. The molecule has 2 aromatic heterocycles. The second-order valence-corrected chi connectivity index (χ2v) is 5.16. The van der Waals surface area contributed by atoms with Gasteiger partial charge in [0.15, 0.2) is 0 Å². The summed E-state index contributed by atoms with van der Waals surface area (Å²) < 4.78 is 0. The third kappa shape index (κ3) is 3.37. The predicted octanol–water partition coefficient (Wildman–Crippen LogP) is 2.24. The quantitative estimate of drug-likeness (QED) is 0.813. The van der Waals surface area contributed by atoms with Gasteiger partial charge in [0.1, 0.15) is 5.01 Å². The van der Waals surface area contributed by atoms with Crippen LogP contribution in [-0.2, 0) is 13.0 Å². The minimum atomic E-state index is 0.863. The van der Waals surface area contributed by atoms with Crippen molar-refractivity contribution in [3.8, 4) is 0 Å². The molecule has 2 heterocycles. The summed E-state index contributed by atoms with van der Waals surface area (Å²) in [7, 11) is 0. The van der Waals surface area contributed by atoms with Crippen LogP contribution in [0.25, 0.3) is 0 Å². The van der Waals surface area contributed by atoms with E-state index in [-0.39, 0.29) is 0 Å². The van der Waals surface area contributed by atoms with Crippen molar-refractivity contribution in [2.24, 2.45) is 0 Å². The summed E-state index contributed by atoms with van der Waals surface area (Å²) in [6.45, 7) is 3.86. The maximum atomic E-state index is 4.41. The first kappa shape index (κ1) is 10.7. The van der Waals surface area contributed by atoms with Gasteiger partial charge in [0.05, 0.1) is 5.01 Å². The van der Waals surface area contributed by atoms with E-state index in [1.54, 1.807) is 22.7 Å². The molecule has 0 aromatic carbocycles. The van der Waals surface area contributed by atoms with Crippen molar-refractivity contribution in [2.75, 3.05) is 6.54 Å². The lowest BCUT2D eigenvalue weighted by Crippen LogP contribution is -2.16. The minimum absolute atomic E-state index is 0.863. The zero-order valence-electron chi connectivity index (χ0n) is 8.56. The van der Waals surface area contributed by atoms with Crippen LogP contribution in [-0.4, -0.2) is 16.5 Å². The molecule has 0 saturated heterocycles. The van der Waals surface area contributed by atoms with Crippen LogP contribution < -0.4 is 5.32 Å². The Hall–Kier alpha value is -0.780. The van der Waals surface area contributed by atoms with Crippen molar-refractivity contribution in [1.29, 1.82) is 0 Å². The Bertz CT molecular complexity index is 394. The second-order valence-electron chi connectivity index (χ2n) is 3.24. The van der Waals surface area contributed by atoms with Crippen molar-refractivity contribution in [1.82, 2.24) is 15.3 Å². The van der Waals surface area contributed by atoms with Crippen LogP contribution in [0.5, 0.6) is 0 Å². The molecule has 3 nitrogen and oxygen atoms in total. The summed E-state index contributed by atoms with van der Waals surface area (Å²) in [5.74, 6) is 0. The number of thiazole rings is 2. The molecule has 0 spiro atoms. The maximum absolute atomic E-state index is 4.41. The molecule has 0 radical (unpaired) electrons. The van der Waals surface area contributed by atoms with Gasteiger partial charge in [-0.25, -0.2) is 9.97 Å². The summed E-state index contributed by atoms with van der Waals surface area (Å²) in [5.41, 5.74) is 1.12. The van der Waals surface area contributed by atoms with Crippen molar-refractivity contribution < 1.29 is 0 Å². The Morgan fingerprint density at radius 2 is 2.27 bits per heavy atom. The second kappa shape index (κ2) is 5.34. The Morgan fingerprint density at radius 3 is 2.93 bits per heavy atom. The monoisotopic (exact) mass is 239 g/mol. The zero-order chi connectivity index (χ0) is 10.5. The highest BCUT2D eigenvalue weighted by atomic mass is 32.1. The summed E-state index contributed by atoms with van der Waals surface area (Å²) >= 11 is 3.42. The highest BCUT2D eigenvalue weighted by Gasteiger charge is 1.98. The van der Waals surface area contributed by atoms with E-state index in [2.05, 4.69) is 20.7 Å². The number of nitrogens with one attached hydrogen (secondary N) is 1. The third-order valence-electron chi connectivity index (χ3n) is 1.94. The molecule has 2 aromatic rings. The Kier molecular flexibility index (Phi) is 3.82. The molecule has 1 N–H and O–H groups in total. The average Bonchev–Trinajstić information content (AvgIpc) is 2.84. The lowest BCUT2D eigenvalue weighted by Gasteiger charge is -1.99. The highest BCUT2D eigenvalue weighted by molar-refractivity contribution is 7.09. The molecule has 0 bridgehead atoms. The van der Waals surface area contributed by atoms with Crippen molar-refractivity contribution in [2.45, 2.75) is 19.9 Å². The first-order valence-electron chi connectivity index (χ1n) is 4.84. The van der Waals surface area contributed by atoms with E-state index in [0.29, 0.717) is 0 Å². The Labute approximate surface area is 97.2 Å². The molecule has 0 aliphatic rings. The van der Waals surface area contributed by atoms with Crippen LogP contribution in [0.3, 0.4) is 0 Å². The molecule has 80 valence electrons. The van der Waals surface area contributed by atoms with Gasteiger partial charge in [-0.3, -0.25) is 0 Å². The van der Waals surface area contributed by atoms with Crippen LogP contribution in [0.2, 0.25) is 0 Å². The fourth-order valence-electron chi connectivity index (χ4n) is 1.25. The zero-order valence-corrected chi connectivity index (χ0v) is 10.2. The van der Waals surface area contributed by atoms with Crippen LogP contribution >= 0.6 is 22.7 Å². The Morgan fingerprint density at radius 1 is 1.33 bits per heavy atom. The van der Waals surface area contributed by atoms with Crippen LogP contribution in [0, 0.1) is 6.92 Å². The van der Waals surface area contributed by atoms with E-state index in [9.17, 15) is 0 Å². The van der Waals surface area contributed by atoms with Crippen LogP contribution in [0.4, 0.5) is 0 Å². The normalized spacial score (nSPS) is 10.7. The van der Waals surface area contributed by atoms with E-state index < -0.39 is 0 Å². The highest BCUT2D eigenvalue weighted by Crippen LogP contribution is 2.08. The first-order chi connectivity index (χ1) is 7.34. The van der Waals surface area contributed by atoms with Crippen LogP contribution in [0.15, 0.2) is 17.0 Å². The average molecular weight is 239 g/mol. The molecule has 0 atom stereocenters. The van der Waals surface area contributed by atoms with Crippen molar-refractivity contribution >= 4 is 22.7 Å². The predicted molar refractivity (Wildman–Crippen MR) is 64.4 cm³/mol. The van der Waals surface area contributed by atoms with Crippen molar-refractivity contribution in [3.05, 3.63) is 32.7 Å². The lowest BCUT2D eigenvalue weighted by molar-refractivity contribution is 0.682. The van der Waals surface area contributed by atoms with E-state index in [1.807, 2.05) is 18.5 Å². The van der Waals surface area contributed by atoms with E-state index >= 15 is 0 Å². The number of nitrogens with zero attached hydrogens (tertiary/aromatic N) is 2. The number of aryl methyl sites for hydroxylation is 1. The third-order valence-corrected chi connectivity index (χ3v) is 3.75. The number of rotatable bonds is 5. The molecule has 0 saturated carbocycles. The van der Waals surface area contributed by atoms with Gasteiger partial charge in [-0.15, -0.1) is 22.7 Å². The molecule has 15 heavy (non-hydrogen) atoms. The van der Waals surface area contributed by atoms with Gasteiger partial charge >= 0.3 is 0 Å². The van der Waals surface area contributed by atoms with Gasteiger partial charge in [-0.2, -0.15) is 0 Å². The summed E-state index contributed by atoms with van der Waals surface area (Å²) in [6.07, 6.45) is 2.84. The lowest BCUT2D eigenvalue weighted by atomic mass is 10.4. The molecule has 0 aliphatic carbocycles. The van der Waals surface area contributed by atoms with E-state index in [0.717, 1.165) is 30.2 Å². The van der Waals surface area contributed by atoms with Gasteiger partial charge in [0, 0.05) is 42.2 Å². The fraction of sp³-hybridized carbons (Fsp3) is 0.400. The molecule has 0 unspecified atom stereocenters. The number of aromatic nitrogens is 2. The molecule has 0 fully saturated rings. The van der Waals surface area contributed by atoms with E-state index in [1.165, 1.54) is 5.01 Å². The van der Waals surface area contributed by atoms with Gasteiger partial charge < -0.3 is 5.32 Å². The first-order valence-corrected chi connectivity index (χ1v) is 6.60. The smallest absolute Gasteiger partial charge is 0.106 e. The number of hydrogen-bond acceptors (Lipinski definition) is 5. The molecule has 0 aliphatic heterocycles. The molecular weight excluding hydrogens is 226 g/mol. The minimum Gasteiger partial charge on any atom is -0.310 e. The largest absolute Gasteiger partial charge is 0.310 e. The molecule has 0 amide bonds. The standard InChI is InChI=1S/C10H13N3S2/c1-8-7-15-9(13-8)2-3-11-6-10-12-4-5-14-10/h4-5,7,11H,2-3,6H2,1H3. The summed E-state index contributed by atoms with van der Waals surface area (Å²) in [5, 5.41) is 9.81. The fourth-order valence-corrected chi connectivity index (χ4v) is 2.61. The SMILES string of the molecule is Cc1csc(CCNCc2nccs2)n1. The van der Waals surface area contributed by atoms with Gasteiger partial charge in [0.2, 0.25) is 0 Å². The van der Waals surface area contributed by atoms with Crippen molar-refractivity contribution in [3.63, 3.8) is 0 Å². The maximum Gasteiger partial charge on any atom is 0.106 e. The molecule has 2 rings (SSSR count). The summed E-state index contributed by atoms with van der Waals surface area (Å²) in [6, 6.07) is 0. The van der Waals surface area contributed by atoms with Gasteiger partial charge in [0.25, 0.3) is 0 Å². The van der Waals surface area contributed by atoms with E-state index in [4.69, 9.17) is 0 Å². The van der Waals surface area contributed by atoms with Gasteiger partial charge in [-0.1, -0.05) is 0 Å². The summed E-state index contributed by atoms with van der Waals surface area (Å²) in [4.78, 5) is 8.62. The topological polar surface area (TPSA) is 37.8 Å².